The van der Waals surface area contributed by atoms with Crippen LogP contribution in [0, 0.1) is 6.92 Å². The van der Waals surface area contributed by atoms with Crippen molar-refractivity contribution in [2.24, 2.45) is 7.05 Å². The third kappa shape index (κ3) is 1.08. The maximum Gasteiger partial charge on any atom is 0.0522 e. The van der Waals surface area contributed by atoms with Crippen LogP contribution in [0.25, 0.3) is 21.8 Å². The van der Waals surface area contributed by atoms with E-state index in [4.69, 9.17) is 0 Å². The van der Waals surface area contributed by atoms with Crippen LogP contribution in [-0.4, -0.2) is 9.55 Å². The van der Waals surface area contributed by atoms with Crippen LogP contribution in [-0.2, 0) is 7.05 Å². The van der Waals surface area contributed by atoms with Crippen molar-refractivity contribution in [2.45, 2.75) is 6.92 Å². The Morgan fingerprint density at radius 3 is 2.73 bits per heavy atom. The first-order valence-electron chi connectivity index (χ1n) is 5.07. The number of benzene rings is 1. The Morgan fingerprint density at radius 1 is 1.07 bits per heavy atom. The Bertz CT molecular complexity index is 650. The molecule has 0 aliphatic heterocycles. The van der Waals surface area contributed by atoms with E-state index in [1.807, 2.05) is 13.1 Å². The highest BCUT2D eigenvalue weighted by atomic mass is 14.9. The number of nitrogens with zero attached hydrogens (tertiary/aromatic N) is 2. The summed E-state index contributed by atoms with van der Waals surface area (Å²) in [6, 6.07) is 10.6. The summed E-state index contributed by atoms with van der Waals surface area (Å²) in [6.45, 7) is 2.02. The smallest absolute Gasteiger partial charge is 0.0522 e. The van der Waals surface area contributed by atoms with Crippen LogP contribution in [0.3, 0.4) is 0 Å². The highest BCUT2D eigenvalue weighted by Gasteiger charge is 2.06. The van der Waals surface area contributed by atoms with Gasteiger partial charge in [-0.2, -0.15) is 0 Å². The first-order valence-corrected chi connectivity index (χ1v) is 5.07. The normalized spacial score (nSPS) is 11.3. The average molecular weight is 196 g/mol. The Morgan fingerprint density at radius 2 is 1.87 bits per heavy atom. The van der Waals surface area contributed by atoms with Crippen LogP contribution in [0.4, 0.5) is 0 Å². The molecular weight excluding hydrogens is 184 g/mol. The molecule has 0 fully saturated rings. The van der Waals surface area contributed by atoms with Crippen molar-refractivity contribution in [2.75, 3.05) is 0 Å². The molecule has 2 heteroatoms. The van der Waals surface area contributed by atoms with Crippen LogP contribution in [0.5, 0.6) is 0 Å². The molecule has 0 amide bonds. The number of aromatic nitrogens is 2. The van der Waals surface area contributed by atoms with Crippen LogP contribution in [0.15, 0.2) is 36.5 Å². The number of pyridine rings is 1. The fraction of sp³-hybridized carbons (Fsp3) is 0.154. The van der Waals surface area contributed by atoms with Gasteiger partial charge in [-0.25, -0.2) is 0 Å². The first kappa shape index (κ1) is 8.48. The SMILES string of the molecule is Cc1cc2c(cn1)c1ccccc1n2C. The number of rotatable bonds is 0. The topological polar surface area (TPSA) is 17.8 Å². The van der Waals surface area contributed by atoms with Crippen molar-refractivity contribution in [3.8, 4) is 0 Å². The quantitative estimate of drug-likeness (QED) is 0.540. The summed E-state index contributed by atoms with van der Waals surface area (Å²) in [5.74, 6) is 0. The molecule has 1 aromatic carbocycles. The fourth-order valence-corrected chi connectivity index (χ4v) is 2.15. The summed E-state index contributed by atoms with van der Waals surface area (Å²) in [5, 5.41) is 2.52. The zero-order chi connectivity index (χ0) is 10.4. The molecule has 0 bridgehead atoms. The summed E-state index contributed by atoms with van der Waals surface area (Å²) >= 11 is 0. The Kier molecular flexibility index (Phi) is 1.60. The van der Waals surface area contributed by atoms with Crippen molar-refractivity contribution < 1.29 is 0 Å². The molecular formula is C13H12N2. The van der Waals surface area contributed by atoms with E-state index in [-0.39, 0.29) is 0 Å². The lowest BCUT2D eigenvalue weighted by molar-refractivity contribution is 1.01. The molecule has 0 aliphatic carbocycles. The average Bonchev–Trinajstić information content (AvgIpc) is 2.54. The number of hydrogen-bond acceptors (Lipinski definition) is 1. The molecule has 0 saturated heterocycles. The molecule has 2 nitrogen and oxygen atoms in total. The summed E-state index contributed by atoms with van der Waals surface area (Å²) < 4.78 is 2.22. The lowest BCUT2D eigenvalue weighted by Crippen LogP contribution is -1.87. The van der Waals surface area contributed by atoms with Gasteiger partial charge in [0.1, 0.15) is 0 Å². The summed E-state index contributed by atoms with van der Waals surface area (Å²) in [5.41, 5.74) is 3.58. The van der Waals surface area contributed by atoms with E-state index in [0.29, 0.717) is 0 Å². The molecule has 15 heavy (non-hydrogen) atoms. The maximum absolute atomic E-state index is 4.36. The van der Waals surface area contributed by atoms with Crippen LogP contribution in [0.1, 0.15) is 5.69 Å². The molecule has 0 saturated carbocycles. The Balaban J connectivity index is 2.63. The third-order valence-electron chi connectivity index (χ3n) is 2.94. The predicted octanol–water partition coefficient (Wildman–Crippen LogP) is 3.03. The minimum absolute atomic E-state index is 1.06. The zero-order valence-corrected chi connectivity index (χ0v) is 8.86. The molecule has 3 rings (SSSR count). The molecule has 3 aromatic rings. The minimum atomic E-state index is 1.06. The molecule has 0 unspecified atom stereocenters. The molecule has 2 aromatic heterocycles. The van der Waals surface area contributed by atoms with E-state index in [1.54, 1.807) is 0 Å². The van der Waals surface area contributed by atoms with Gasteiger partial charge in [0.15, 0.2) is 0 Å². The van der Waals surface area contributed by atoms with Crippen molar-refractivity contribution in [1.29, 1.82) is 0 Å². The van der Waals surface area contributed by atoms with Gasteiger partial charge in [0, 0.05) is 35.2 Å². The van der Waals surface area contributed by atoms with Gasteiger partial charge in [-0.05, 0) is 19.1 Å². The van der Waals surface area contributed by atoms with Gasteiger partial charge in [0.05, 0.1) is 5.52 Å². The predicted molar refractivity (Wildman–Crippen MR) is 63.0 cm³/mol. The first-order chi connectivity index (χ1) is 7.27. The lowest BCUT2D eigenvalue weighted by Gasteiger charge is -1.97. The van der Waals surface area contributed by atoms with Gasteiger partial charge < -0.3 is 4.57 Å². The van der Waals surface area contributed by atoms with Crippen molar-refractivity contribution in [1.82, 2.24) is 9.55 Å². The highest BCUT2D eigenvalue weighted by Crippen LogP contribution is 2.27. The van der Waals surface area contributed by atoms with E-state index in [2.05, 4.69) is 46.9 Å². The second-order valence-corrected chi connectivity index (χ2v) is 3.92. The summed E-state index contributed by atoms with van der Waals surface area (Å²) in [4.78, 5) is 4.36. The number of aryl methyl sites for hydroxylation is 2. The second-order valence-electron chi connectivity index (χ2n) is 3.92. The van der Waals surface area contributed by atoms with E-state index in [9.17, 15) is 0 Å². The second kappa shape index (κ2) is 2.83. The van der Waals surface area contributed by atoms with Gasteiger partial charge in [0.25, 0.3) is 0 Å². The van der Waals surface area contributed by atoms with Crippen molar-refractivity contribution >= 4 is 21.8 Å². The van der Waals surface area contributed by atoms with Gasteiger partial charge in [-0.1, -0.05) is 18.2 Å². The van der Waals surface area contributed by atoms with Gasteiger partial charge in [0.2, 0.25) is 0 Å². The summed E-state index contributed by atoms with van der Waals surface area (Å²) in [7, 11) is 2.10. The van der Waals surface area contributed by atoms with Gasteiger partial charge in [-0.15, -0.1) is 0 Å². The van der Waals surface area contributed by atoms with E-state index in [1.165, 1.54) is 21.8 Å². The molecule has 2 heterocycles. The monoisotopic (exact) mass is 196 g/mol. The van der Waals surface area contributed by atoms with Crippen molar-refractivity contribution in [3.63, 3.8) is 0 Å². The number of para-hydroxylation sites is 1. The third-order valence-corrected chi connectivity index (χ3v) is 2.94. The molecule has 0 atom stereocenters. The molecule has 74 valence electrons. The largest absolute Gasteiger partial charge is 0.344 e. The Hall–Kier alpha value is -1.83. The van der Waals surface area contributed by atoms with E-state index >= 15 is 0 Å². The minimum Gasteiger partial charge on any atom is -0.344 e. The van der Waals surface area contributed by atoms with Gasteiger partial charge >= 0.3 is 0 Å². The molecule has 0 spiro atoms. The van der Waals surface area contributed by atoms with Crippen LogP contribution >= 0.6 is 0 Å². The van der Waals surface area contributed by atoms with Crippen LogP contribution in [0.2, 0.25) is 0 Å². The zero-order valence-electron chi connectivity index (χ0n) is 8.86. The lowest BCUT2D eigenvalue weighted by atomic mass is 10.2. The van der Waals surface area contributed by atoms with Crippen molar-refractivity contribution in [3.05, 3.63) is 42.2 Å². The van der Waals surface area contributed by atoms with Gasteiger partial charge in [-0.3, -0.25) is 4.98 Å². The molecule has 0 aliphatic rings. The molecule has 0 N–H and O–H groups in total. The Labute approximate surface area is 88.2 Å². The standard InChI is InChI=1S/C13H12N2/c1-9-7-13-11(8-14-9)10-5-3-4-6-12(10)15(13)2/h3-8H,1-2H3. The number of hydrogen-bond donors (Lipinski definition) is 0. The van der Waals surface area contributed by atoms with E-state index < -0.39 is 0 Å². The maximum atomic E-state index is 4.36. The summed E-state index contributed by atoms with van der Waals surface area (Å²) in [6.07, 6.45) is 1.97. The van der Waals surface area contributed by atoms with E-state index in [0.717, 1.165) is 5.69 Å². The highest BCUT2D eigenvalue weighted by molar-refractivity contribution is 6.07. The number of fused-ring (bicyclic) bond motifs is 3. The van der Waals surface area contributed by atoms with Crippen LogP contribution < -0.4 is 0 Å². The fourth-order valence-electron chi connectivity index (χ4n) is 2.15. The molecule has 0 radical (unpaired) electrons.